The number of benzene rings is 2. The quantitative estimate of drug-likeness (QED) is 0.490. The van der Waals surface area contributed by atoms with E-state index in [9.17, 15) is 4.79 Å². The van der Waals surface area contributed by atoms with Crippen LogP contribution in [0.5, 0.6) is 11.5 Å². The minimum atomic E-state index is -0.0961. The van der Waals surface area contributed by atoms with E-state index in [0.29, 0.717) is 11.7 Å². The highest BCUT2D eigenvalue weighted by atomic mass is 32.1. The van der Waals surface area contributed by atoms with Gasteiger partial charge in [0, 0.05) is 26.2 Å². The number of carbonyl (C=O) groups excluding carboxylic acids is 1. The molecule has 1 aliphatic rings. The van der Waals surface area contributed by atoms with Gasteiger partial charge in [-0.2, -0.15) is 0 Å². The van der Waals surface area contributed by atoms with Gasteiger partial charge in [0.05, 0.1) is 30.5 Å². The highest BCUT2D eigenvalue weighted by Crippen LogP contribution is 2.32. The number of aryl methyl sites for hydroxylation is 1. The number of para-hydroxylation sites is 1. The average molecular weight is 456 g/mol. The number of hydrogen-bond acceptors (Lipinski definition) is 7. The van der Waals surface area contributed by atoms with E-state index in [1.807, 2.05) is 49.4 Å². The second-order valence-corrected chi connectivity index (χ2v) is 8.75. The van der Waals surface area contributed by atoms with Crippen LogP contribution in [0, 0.1) is 6.92 Å². The van der Waals surface area contributed by atoms with Crippen LogP contribution in [0.2, 0.25) is 0 Å². The van der Waals surface area contributed by atoms with Gasteiger partial charge >= 0.3 is 0 Å². The second-order valence-electron chi connectivity index (χ2n) is 7.74. The molecule has 1 aromatic heterocycles. The highest BCUT2D eigenvalue weighted by molar-refractivity contribution is 7.22. The summed E-state index contributed by atoms with van der Waals surface area (Å²) in [6.45, 7) is 6.87. The molecule has 170 valence electrons. The van der Waals surface area contributed by atoms with Gasteiger partial charge in [-0.15, -0.1) is 0 Å². The van der Waals surface area contributed by atoms with Crippen molar-refractivity contribution in [3.8, 4) is 11.5 Å². The van der Waals surface area contributed by atoms with Gasteiger partial charge in [-0.25, -0.2) is 4.98 Å². The number of methoxy groups -OCH3 is 1. The molecule has 8 heteroatoms. The van der Waals surface area contributed by atoms with E-state index in [4.69, 9.17) is 19.2 Å². The largest absolute Gasteiger partial charge is 0.497 e. The number of hydrogen-bond donors (Lipinski definition) is 0. The van der Waals surface area contributed by atoms with E-state index in [1.54, 1.807) is 12.0 Å². The van der Waals surface area contributed by atoms with E-state index >= 15 is 0 Å². The molecule has 0 saturated carbocycles. The molecular weight excluding hydrogens is 426 g/mol. The summed E-state index contributed by atoms with van der Waals surface area (Å²) in [7, 11) is 1.65. The van der Waals surface area contributed by atoms with Crippen LogP contribution in [-0.2, 0) is 9.53 Å². The Morgan fingerprint density at radius 2 is 2.03 bits per heavy atom. The fraction of sp³-hybridized carbons (Fsp3) is 0.417. The molecule has 7 nitrogen and oxygen atoms in total. The first-order valence-electron chi connectivity index (χ1n) is 10.9. The molecule has 0 unspecified atom stereocenters. The summed E-state index contributed by atoms with van der Waals surface area (Å²) in [6, 6.07) is 13.5. The van der Waals surface area contributed by atoms with Crippen molar-refractivity contribution in [1.29, 1.82) is 0 Å². The van der Waals surface area contributed by atoms with Crippen LogP contribution in [0.4, 0.5) is 5.13 Å². The molecule has 1 saturated heterocycles. The number of fused-ring (bicyclic) bond motifs is 1. The van der Waals surface area contributed by atoms with Gasteiger partial charge in [0.2, 0.25) is 0 Å². The Bertz CT molecular complexity index is 1050. The van der Waals surface area contributed by atoms with E-state index in [0.717, 1.165) is 66.5 Å². The topological polar surface area (TPSA) is 64.1 Å². The molecule has 0 spiro atoms. The van der Waals surface area contributed by atoms with Crippen LogP contribution in [0.15, 0.2) is 42.5 Å². The van der Waals surface area contributed by atoms with E-state index in [2.05, 4.69) is 4.90 Å². The molecule has 1 fully saturated rings. The first kappa shape index (κ1) is 22.5. The maximum atomic E-state index is 13.2. The fourth-order valence-electron chi connectivity index (χ4n) is 3.68. The predicted molar refractivity (Wildman–Crippen MR) is 127 cm³/mol. The standard InChI is InChI=1S/C24H29N3O4S/c1-18-6-3-4-7-21(18)31-17-23(28)27(11-5-10-26-12-14-30-15-13-26)24-25-20-9-8-19(29-2)16-22(20)32-24/h3-4,6-9,16H,5,10-15,17H2,1-2H3. The van der Waals surface area contributed by atoms with Crippen molar-refractivity contribution in [2.45, 2.75) is 13.3 Å². The summed E-state index contributed by atoms with van der Waals surface area (Å²) in [6.07, 6.45) is 0.856. The predicted octanol–water partition coefficient (Wildman–Crippen LogP) is 3.75. The van der Waals surface area contributed by atoms with Crippen LogP contribution in [0.25, 0.3) is 10.2 Å². The number of carbonyl (C=O) groups is 1. The lowest BCUT2D eigenvalue weighted by Crippen LogP contribution is -2.40. The average Bonchev–Trinajstić information content (AvgIpc) is 3.24. The van der Waals surface area contributed by atoms with Crippen LogP contribution in [-0.4, -0.2) is 68.9 Å². The Kier molecular flexibility index (Phi) is 7.57. The van der Waals surface area contributed by atoms with Crippen molar-refractivity contribution in [2.75, 3.05) is 58.0 Å². The number of amides is 1. The normalized spacial score (nSPS) is 14.4. The van der Waals surface area contributed by atoms with Gasteiger partial charge in [-0.05, 0) is 43.2 Å². The second kappa shape index (κ2) is 10.8. The Balaban J connectivity index is 1.48. The number of rotatable bonds is 9. The molecule has 2 heterocycles. The SMILES string of the molecule is COc1ccc2nc(N(CCCN3CCOCC3)C(=O)COc3ccccc3C)sc2c1. The van der Waals surface area contributed by atoms with Crippen molar-refractivity contribution < 1.29 is 19.0 Å². The van der Waals surface area contributed by atoms with Gasteiger partial charge < -0.3 is 14.2 Å². The third-order valence-corrected chi connectivity index (χ3v) is 6.56. The number of aromatic nitrogens is 1. The minimum absolute atomic E-state index is 0.0261. The summed E-state index contributed by atoms with van der Waals surface area (Å²) < 4.78 is 17.6. The molecule has 3 aromatic rings. The Hall–Kier alpha value is -2.68. The molecule has 0 aliphatic carbocycles. The molecular formula is C24H29N3O4S. The fourth-order valence-corrected chi connectivity index (χ4v) is 4.71. The maximum absolute atomic E-state index is 13.2. The van der Waals surface area contributed by atoms with Crippen molar-refractivity contribution in [1.82, 2.24) is 9.88 Å². The monoisotopic (exact) mass is 455 g/mol. The third kappa shape index (κ3) is 5.56. The molecule has 1 aliphatic heterocycles. The Morgan fingerprint density at radius 1 is 1.22 bits per heavy atom. The molecule has 0 N–H and O–H groups in total. The van der Waals surface area contributed by atoms with Crippen molar-refractivity contribution >= 4 is 32.6 Å². The molecule has 2 aromatic carbocycles. The van der Waals surface area contributed by atoms with E-state index < -0.39 is 0 Å². The zero-order chi connectivity index (χ0) is 22.3. The number of ether oxygens (including phenoxy) is 3. The minimum Gasteiger partial charge on any atom is -0.497 e. The van der Waals surface area contributed by atoms with Gasteiger partial charge in [0.25, 0.3) is 5.91 Å². The van der Waals surface area contributed by atoms with Crippen LogP contribution >= 0.6 is 11.3 Å². The van der Waals surface area contributed by atoms with Gasteiger partial charge in [-0.3, -0.25) is 14.6 Å². The molecule has 0 bridgehead atoms. The van der Waals surface area contributed by atoms with E-state index in [1.165, 1.54) is 11.3 Å². The smallest absolute Gasteiger partial charge is 0.266 e. The molecule has 0 radical (unpaired) electrons. The number of nitrogens with zero attached hydrogens (tertiary/aromatic N) is 3. The first-order chi connectivity index (χ1) is 15.6. The van der Waals surface area contributed by atoms with Crippen LogP contribution in [0.3, 0.4) is 0 Å². The number of morpholine rings is 1. The van der Waals surface area contributed by atoms with Crippen molar-refractivity contribution in [2.24, 2.45) is 0 Å². The van der Waals surface area contributed by atoms with Crippen molar-refractivity contribution in [3.63, 3.8) is 0 Å². The Labute approximate surface area is 192 Å². The number of thiazole rings is 1. The summed E-state index contributed by atoms with van der Waals surface area (Å²) in [5.41, 5.74) is 1.86. The van der Waals surface area contributed by atoms with Gasteiger partial charge in [-0.1, -0.05) is 29.5 Å². The number of anilines is 1. The third-order valence-electron chi connectivity index (χ3n) is 5.52. The lowest BCUT2D eigenvalue weighted by molar-refractivity contribution is -0.120. The summed E-state index contributed by atoms with van der Waals surface area (Å²) in [4.78, 5) is 22.1. The molecule has 4 rings (SSSR count). The van der Waals surface area contributed by atoms with Crippen LogP contribution in [0.1, 0.15) is 12.0 Å². The zero-order valence-corrected chi connectivity index (χ0v) is 19.4. The Morgan fingerprint density at radius 3 is 2.81 bits per heavy atom. The molecule has 32 heavy (non-hydrogen) atoms. The van der Waals surface area contributed by atoms with Crippen LogP contribution < -0.4 is 14.4 Å². The summed E-state index contributed by atoms with van der Waals surface area (Å²) in [5.74, 6) is 1.41. The maximum Gasteiger partial charge on any atom is 0.266 e. The van der Waals surface area contributed by atoms with Crippen molar-refractivity contribution in [3.05, 3.63) is 48.0 Å². The lowest BCUT2D eigenvalue weighted by Gasteiger charge is -2.27. The highest BCUT2D eigenvalue weighted by Gasteiger charge is 2.21. The summed E-state index contributed by atoms with van der Waals surface area (Å²) in [5, 5.41) is 0.689. The van der Waals surface area contributed by atoms with Gasteiger partial charge in [0.1, 0.15) is 11.5 Å². The molecule has 0 atom stereocenters. The van der Waals surface area contributed by atoms with E-state index in [-0.39, 0.29) is 12.5 Å². The lowest BCUT2D eigenvalue weighted by atomic mass is 10.2. The summed E-state index contributed by atoms with van der Waals surface area (Å²) >= 11 is 1.50. The first-order valence-corrected chi connectivity index (χ1v) is 11.7. The molecule has 1 amide bonds. The zero-order valence-electron chi connectivity index (χ0n) is 18.6. The van der Waals surface area contributed by atoms with Gasteiger partial charge in [0.15, 0.2) is 11.7 Å².